The minimum absolute atomic E-state index is 0.145. The molecule has 1 aromatic heterocycles. The zero-order chi connectivity index (χ0) is 20.2. The van der Waals surface area contributed by atoms with E-state index in [4.69, 9.17) is 14.2 Å². The van der Waals surface area contributed by atoms with E-state index >= 15 is 0 Å². The number of allylic oxidation sites excluding steroid dienone is 1. The van der Waals surface area contributed by atoms with E-state index in [0.29, 0.717) is 5.88 Å². The molecule has 0 radical (unpaired) electrons. The average Bonchev–Trinajstić information content (AvgIpc) is 3.00. The first kappa shape index (κ1) is 20.5. The van der Waals surface area contributed by atoms with Crippen LogP contribution < -0.4 is 10.3 Å². The van der Waals surface area contributed by atoms with E-state index in [1.54, 1.807) is 39.0 Å². The van der Waals surface area contributed by atoms with Crippen LogP contribution in [0.1, 0.15) is 27.2 Å². The van der Waals surface area contributed by atoms with Gasteiger partial charge in [-0.3, -0.25) is 14.3 Å². The van der Waals surface area contributed by atoms with E-state index in [1.807, 2.05) is 0 Å². The zero-order valence-electron chi connectivity index (χ0n) is 16.1. The first-order valence-electron chi connectivity index (χ1n) is 8.71. The van der Waals surface area contributed by atoms with Gasteiger partial charge >= 0.3 is 12.1 Å². The lowest BCUT2D eigenvalue weighted by Gasteiger charge is -2.27. The second-order valence-electron chi connectivity index (χ2n) is 7.25. The molecule has 0 aromatic carbocycles. The van der Waals surface area contributed by atoms with Crippen molar-refractivity contribution < 1.29 is 23.8 Å². The quantitative estimate of drug-likeness (QED) is 0.575. The molecule has 2 rings (SSSR count). The molecule has 1 unspecified atom stereocenters. The molecule has 1 aliphatic heterocycles. The lowest BCUT2D eigenvalue weighted by Crippen LogP contribution is -2.44. The van der Waals surface area contributed by atoms with E-state index in [0.717, 1.165) is 0 Å². The van der Waals surface area contributed by atoms with Gasteiger partial charge < -0.3 is 14.2 Å². The van der Waals surface area contributed by atoms with Crippen molar-refractivity contribution in [3.05, 3.63) is 41.2 Å². The Kier molecular flexibility index (Phi) is 6.30. The molecule has 2 heterocycles. The number of likely N-dealkylation sites (tertiary alicyclic amines) is 1. The number of hydrogen-bond acceptors (Lipinski definition) is 6. The van der Waals surface area contributed by atoms with Crippen LogP contribution in [0.5, 0.6) is 5.88 Å². The van der Waals surface area contributed by atoms with Crippen LogP contribution in [0.3, 0.4) is 0 Å². The summed E-state index contributed by atoms with van der Waals surface area (Å²) in [6.07, 6.45) is 0.732. The van der Waals surface area contributed by atoms with Gasteiger partial charge in [0, 0.05) is 19.0 Å². The van der Waals surface area contributed by atoms with Crippen LogP contribution in [0.15, 0.2) is 35.6 Å². The van der Waals surface area contributed by atoms with Gasteiger partial charge in [-0.1, -0.05) is 12.1 Å². The summed E-state index contributed by atoms with van der Waals surface area (Å²) in [4.78, 5) is 37.9. The first-order chi connectivity index (χ1) is 12.7. The highest BCUT2D eigenvalue weighted by atomic mass is 16.6. The van der Waals surface area contributed by atoms with Gasteiger partial charge in [0.1, 0.15) is 17.7 Å². The summed E-state index contributed by atoms with van der Waals surface area (Å²) < 4.78 is 17.6. The maximum atomic E-state index is 12.5. The summed E-state index contributed by atoms with van der Waals surface area (Å²) in [6, 6.07) is 3.87. The van der Waals surface area contributed by atoms with Crippen LogP contribution in [-0.2, 0) is 20.8 Å². The molecular formula is C19H26N2O6. The minimum atomic E-state index is -0.807. The molecule has 2 atom stereocenters. The third-order valence-corrected chi connectivity index (χ3v) is 3.97. The van der Waals surface area contributed by atoms with Crippen LogP contribution in [0, 0.1) is 0 Å². The van der Waals surface area contributed by atoms with Crippen molar-refractivity contribution >= 4 is 12.1 Å². The van der Waals surface area contributed by atoms with Crippen molar-refractivity contribution in [2.45, 2.75) is 51.5 Å². The summed E-state index contributed by atoms with van der Waals surface area (Å²) in [6.45, 7) is 9.32. The summed E-state index contributed by atoms with van der Waals surface area (Å²) in [7, 11) is 1.27. The third kappa shape index (κ3) is 5.12. The fraction of sp³-hybridized carbons (Fsp3) is 0.526. The Balaban J connectivity index is 2.22. The summed E-state index contributed by atoms with van der Waals surface area (Å²) in [5, 5.41) is 0. The van der Waals surface area contributed by atoms with Crippen molar-refractivity contribution in [1.29, 1.82) is 0 Å². The molecule has 0 N–H and O–H groups in total. The number of hydrogen-bond donors (Lipinski definition) is 0. The number of methoxy groups -OCH3 is 1. The lowest BCUT2D eigenvalue weighted by atomic mass is 10.2. The number of carbonyl (C=O) groups is 2. The number of ether oxygens (including phenoxy) is 3. The van der Waals surface area contributed by atoms with Crippen LogP contribution in [0.25, 0.3) is 0 Å². The predicted octanol–water partition coefficient (Wildman–Crippen LogP) is 1.96. The SMILES string of the molecule is C=CCn1c(OC2C[C@@H](C(=O)OC)N(C(=O)OC(C)(C)C)C2)cccc1=O. The average molecular weight is 378 g/mol. The van der Waals surface area contributed by atoms with Crippen molar-refractivity contribution in [2.24, 2.45) is 0 Å². The Morgan fingerprint density at radius 3 is 2.63 bits per heavy atom. The summed E-state index contributed by atoms with van der Waals surface area (Å²) in [5.41, 5.74) is -0.917. The topological polar surface area (TPSA) is 87.1 Å². The van der Waals surface area contributed by atoms with E-state index in [1.165, 1.54) is 22.6 Å². The Morgan fingerprint density at radius 2 is 2.04 bits per heavy atom. The number of carbonyl (C=O) groups excluding carboxylic acids is 2. The molecule has 0 spiro atoms. The van der Waals surface area contributed by atoms with E-state index in [2.05, 4.69) is 6.58 Å². The minimum Gasteiger partial charge on any atom is -0.473 e. The first-order valence-corrected chi connectivity index (χ1v) is 8.71. The van der Waals surface area contributed by atoms with Crippen molar-refractivity contribution in [3.63, 3.8) is 0 Å². The molecule has 1 aromatic rings. The van der Waals surface area contributed by atoms with Crippen molar-refractivity contribution in [2.75, 3.05) is 13.7 Å². The van der Waals surface area contributed by atoms with Crippen LogP contribution in [0.4, 0.5) is 4.79 Å². The Bertz CT molecular complexity index is 764. The Labute approximate surface area is 158 Å². The standard InChI is InChI=1S/C19H26N2O6/c1-6-10-20-15(22)8-7-9-16(20)26-13-11-14(17(23)25-5)21(12-13)18(24)27-19(2,3)4/h6-9,13-14H,1,10-12H2,2-5H3/t13?,14-/m0/s1. The zero-order valence-corrected chi connectivity index (χ0v) is 16.1. The predicted molar refractivity (Wildman–Crippen MR) is 98.7 cm³/mol. The molecule has 8 heteroatoms. The monoisotopic (exact) mass is 378 g/mol. The molecule has 0 saturated carbocycles. The van der Waals surface area contributed by atoms with E-state index < -0.39 is 29.8 Å². The van der Waals surface area contributed by atoms with Gasteiger partial charge in [0.2, 0.25) is 0 Å². The molecule has 1 amide bonds. The maximum absolute atomic E-state index is 12.5. The van der Waals surface area contributed by atoms with Crippen LogP contribution in [0.2, 0.25) is 0 Å². The van der Waals surface area contributed by atoms with Gasteiger partial charge in [-0.2, -0.15) is 0 Å². The second-order valence-corrected chi connectivity index (χ2v) is 7.25. The van der Waals surface area contributed by atoms with Gasteiger partial charge in [-0.05, 0) is 26.8 Å². The lowest BCUT2D eigenvalue weighted by molar-refractivity contribution is -0.145. The highest BCUT2D eigenvalue weighted by Crippen LogP contribution is 2.25. The molecule has 1 saturated heterocycles. The van der Waals surface area contributed by atoms with Crippen LogP contribution in [-0.4, -0.2) is 52.9 Å². The molecule has 27 heavy (non-hydrogen) atoms. The van der Waals surface area contributed by atoms with Gasteiger partial charge in [-0.25, -0.2) is 9.59 Å². The number of esters is 1. The largest absolute Gasteiger partial charge is 0.473 e. The molecule has 1 fully saturated rings. The molecule has 8 nitrogen and oxygen atoms in total. The highest BCUT2D eigenvalue weighted by Gasteiger charge is 2.43. The maximum Gasteiger partial charge on any atom is 0.411 e. The molecule has 0 aliphatic carbocycles. The number of rotatable bonds is 5. The van der Waals surface area contributed by atoms with E-state index in [-0.39, 0.29) is 25.1 Å². The smallest absolute Gasteiger partial charge is 0.411 e. The second kappa shape index (κ2) is 8.28. The molecule has 1 aliphatic rings. The normalized spacial score (nSPS) is 19.5. The molecular weight excluding hydrogens is 352 g/mol. The Hall–Kier alpha value is -2.77. The number of pyridine rings is 1. The summed E-state index contributed by atoms with van der Waals surface area (Å²) in [5.74, 6) is -0.189. The highest BCUT2D eigenvalue weighted by molar-refractivity contribution is 5.82. The fourth-order valence-corrected chi connectivity index (χ4v) is 2.85. The van der Waals surface area contributed by atoms with Gasteiger partial charge in [0.25, 0.3) is 5.56 Å². The number of aromatic nitrogens is 1. The Morgan fingerprint density at radius 1 is 1.33 bits per heavy atom. The van der Waals surface area contributed by atoms with Gasteiger partial charge in [0.15, 0.2) is 5.88 Å². The molecule has 148 valence electrons. The summed E-state index contributed by atoms with van der Waals surface area (Å²) >= 11 is 0. The third-order valence-electron chi connectivity index (χ3n) is 3.97. The fourth-order valence-electron chi connectivity index (χ4n) is 2.85. The van der Waals surface area contributed by atoms with E-state index in [9.17, 15) is 14.4 Å². The number of nitrogens with zero attached hydrogens (tertiary/aromatic N) is 2. The van der Waals surface area contributed by atoms with Gasteiger partial charge in [-0.15, -0.1) is 6.58 Å². The van der Waals surface area contributed by atoms with Crippen molar-refractivity contribution in [3.8, 4) is 5.88 Å². The van der Waals surface area contributed by atoms with Gasteiger partial charge in [0.05, 0.1) is 13.7 Å². The van der Waals surface area contributed by atoms with Crippen LogP contribution >= 0.6 is 0 Å². The number of amides is 1. The van der Waals surface area contributed by atoms with Crippen molar-refractivity contribution in [1.82, 2.24) is 9.47 Å². The molecule has 0 bridgehead atoms.